The molecule has 6 nitrogen and oxygen atoms in total. The van der Waals surface area contributed by atoms with Gasteiger partial charge >= 0.3 is 12.0 Å². The molecule has 98 valence electrons. The molecule has 0 fully saturated rings. The fourth-order valence-corrected chi connectivity index (χ4v) is 1.48. The monoisotopic (exact) mass is 260 g/mol. The molecule has 0 saturated heterocycles. The predicted molar refractivity (Wildman–Crippen MR) is 66.8 cm³/mol. The molecular weight excluding hydrogens is 248 g/mol. The zero-order valence-electron chi connectivity index (χ0n) is 10.5. The Kier molecular flexibility index (Phi) is 3.61. The molecule has 0 radical (unpaired) electrons. The van der Waals surface area contributed by atoms with Crippen LogP contribution in [0.25, 0.3) is 0 Å². The summed E-state index contributed by atoms with van der Waals surface area (Å²) in [6, 6.07) is 6.40. The highest BCUT2D eigenvalue weighted by atomic mass is 16.5. The Morgan fingerprint density at radius 2 is 2.11 bits per heavy atom. The van der Waals surface area contributed by atoms with Gasteiger partial charge in [0.2, 0.25) is 5.88 Å². The summed E-state index contributed by atoms with van der Waals surface area (Å²) in [6.07, 6.45) is 1.47. The van der Waals surface area contributed by atoms with Crippen molar-refractivity contribution in [3.63, 3.8) is 0 Å². The SMILES string of the molecule is COc1ccnc(Oc2cc(C)ccc2C(=O)O)n1. The Morgan fingerprint density at radius 1 is 1.32 bits per heavy atom. The van der Waals surface area contributed by atoms with Crippen molar-refractivity contribution in [1.82, 2.24) is 9.97 Å². The molecule has 19 heavy (non-hydrogen) atoms. The van der Waals surface area contributed by atoms with Gasteiger partial charge in [-0.25, -0.2) is 9.78 Å². The highest BCUT2D eigenvalue weighted by Crippen LogP contribution is 2.25. The first-order valence-corrected chi connectivity index (χ1v) is 5.49. The maximum Gasteiger partial charge on any atom is 0.339 e. The highest BCUT2D eigenvalue weighted by molar-refractivity contribution is 5.91. The number of aromatic carboxylic acids is 1. The van der Waals surface area contributed by atoms with E-state index in [2.05, 4.69) is 9.97 Å². The largest absolute Gasteiger partial charge is 0.481 e. The first-order valence-electron chi connectivity index (χ1n) is 5.49. The van der Waals surface area contributed by atoms with Gasteiger partial charge in [-0.3, -0.25) is 0 Å². The molecule has 0 aliphatic carbocycles. The first kappa shape index (κ1) is 12.8. The second-order valence-corrected chi connectivity index (χ2v) is 3.79. The van der Waals surface area contributed by atoms with Crippen LogP contribution in [0.15, 0.2) is 30.5 Å². The average Bonchev–Trinajstić information content (AvgIpc) is 2.38. The van der Waals surface area contributed by atoms with Gasteiger partial charge in [0, 0.05) is 12.3 Å². The van der Waals surface area contributed by atoms with Gasteiger partial charge in [-0.2, -0.15) is 4.98 Å². The van der Waals surface area contributed by atoms with Crippen molar-refractivity contribution < 1.29 is 19.4 Å². The maximum absolute atomic E-state index is 11.1. The van der Waals surface area contributed by atoms with Crippen LogP contribution in [-0.4, -0.2) is 28.2 Å². The third-order valence-electron chi connectivity index (χ3n) is 2.39. The standard InChI is InChI=1S/C13H12N2O4/c1-8-3-4-9(12(16)17)10(7-8)19-13-14-6-5-11(15-13)18-2/h3-7H,1-2H3,(H,16,17). The zero-order chi connectivity index (χ0) is 13.8. The van der Waals surface area contributed by atoms with Crippen LogP contribution < -0.4 is 9.47 Å². The summed E-state index contributed by atoms with van der Waals surface area (Å²) in [7, 11) is 1.47. The van der Waals surface area contributed by atoms with Crippen LogP contribution >= 0.6 is 0 Å². The molecule has 0 bridgehead atoms. The second kappa shape index (κ2) is 5.34. The fraction of sp³-hybridized carbons (Fsp3) is 0.154. The van der Waals surface area contributed by atoms with E-state index in [1.165, 1.54) is 19.4 Å². The number of hydrogen-bond acceptors (Lipinski definition) is 5. The molecule has 1 aromatic carbocycles. The van der Waals surface area contributed by atoms with Crippen LogP contribution in [-0.2, 0) is 0 Å². The van der Waals surface area contributed by atoms with Crippen molar-refractivity contribution in [2.75, 3.05) is 7.11 Å². The minimum absolute atomic E-state index is 0.0347. The van der Waals surface area contributed by atoms with Crippen molar-refractivity contribution in [1.29, 1.82) is 0 Å². The third kappa shape index (κ3) is 2.98. The quantitative estimate of drug-likeness (QED) is 0.908. The van der Waals surface area contributed by atoms with Gasteiger partial charge in [0.05, 0.1) is 7.11 Å². The van der Waals surface area contributed by atoms with E-state index in [1.54, 1.807) is 18.2 Å². The van der Waals surface area contributed by atoms with Crippen LogP contribution in [0.3, 0.4) is 0 Å². The van der Waals surface area contributed by atoms with Crippen molar-refractivity contribution in [2.24, 2.45) is 0 Å². The topological polar surface area (TPSA) is 81.5 Å². The minimum atomic E-state index is -1.07. The molecular formula is C13H12N2O4. The fourth-order valence-electron chi connectivity index (χ4n) is 1.48. The molecule has 1 heterocycles. The Labute approximate surface area is 109 Å². The number of aromatic nitrogens is 2. The summed E-state index contributed by atoms with van der Waals surface area (Å²) in [5, 5.41) is 9.09. The molecule has 2 rings (SSSR count). The molecule has 0 spiro atoms. The molecule has 1 N–H and O–H groups in total. The van der Waals surface area contributed by atoms with Crippen LogP contribution in [0.1, 0.15) is 15.9 Å². The van der Waals surface area contributed by atoms with Gasteiger partial charge in [-0.05, 0) is 24.6 Å². The number of nitrogens with zero attached hydrogens (tertiary/aromatic N) is 2. The Balaban J connectivity index is 2.36. The minimum Gasteiger partial charge on any atom is -0.481 e. The number of carboxylic acids is 1. The number of methoxy groups -OCH3 is 1. The second-order valence-electron chi connectivity index (χ2n) is 3.79. The molecule has 0 aliphatic heterocycles. The number of hydrogen-bond donors (Lipinski definition) is 1. The lowest BCUT2D eigenvalue weighted by Crippen LogP contribution is -2.02. The normalized spacial score (nSPS) is 10.0. The van der Waals surface area contributed by atoms with E-state index in [4.69, 9.17) is 14.6 Å². The summed E-state index contributed by atoms with van der Waals surface area (Å²) in [6.45, 7) is 1.84. The van der Waals surface area contributed by atoms with E-state index in [1.807, 2.05) is 6.92 Å². The van der Waals surface area contributed by atoms with E-state index in [0.29, 0.717) is 5.88 Å². The molecule has 0 aliphatic rings. The Morgan fingerprint density at radius 3 is 2.79 bits per heavy atom. The molecule has 6 heteroatoms. The Hall–Kier alpha value is -2.63. The number of ether oxygens (including phenoxy) is 2. The molecule has 0 amide bonds. The lowest BCUT2D eigenvalue weighted by atomic mass is 10.1. The van der Waals surface area contributed by atoms with Gasteiger partial charge in [0.1, 0.15) is 11.3 Å². The van der Waals surface area contributed by atoms with Crippen LogP contribution in [0.2, 0.25) is 0 Å². The number of carbonyl (C=O) groups is 1. The van der Waals surface area contributed by atoms with E-state index >= 15 is 0 Å². The van der Waals surface area contributed by atoms with E-state index in [-0.39, 0.29) is 17.3 Å². The van der Waals surface area contributed by atoms with E-state index < -0.39 is 5.97 Å². The van der Waals surface area contributed by atoms with Gasteiger partial charge in [-0.15, -0.1) is 0 Å². The van der Waals surface area contributed by atoms with Crippen molar-refractivity contribution in [2.45, 2.75) is 6.92 Å². The lowest BCUT2D eigenvalue weighted by molar-refractivity contribution is 0.0694. The number of rotatable bonds is 4. The van der Waals surface area contributed by atoms with Gasteiger partial charge in [0.15, 0.2) is 0 Å². The van der Waals surface area contributed by atoms with Gasteiger partial charge in [0.25, 0.3) is 0 Å². The smallest absolute Gasteiger partial charge is 0.339 e. The van der Waals surface area contributed by atoms with E-state index in [9.17, 15) is 4.79 Å². The summed E-state index contributed by atoms with van der Waals surface area (Å²) in [5.74, 6) is -0.534. The summed E-state index contributed by atoms with van der Waals surface area (Å²) < 4.78 is 10.4. The zero-order valence-corrected chi connectivity index (χ0v) is 10.5. The molecule has 0 atom stereocenters. The van der Waals surface area contributed by atoms with Crippen molar-refractivity contribution >= 4 is 5.97 Å². The first-order chi connectivity index (χ1) is 9.10. The maximum atomic E-state index is 11.1. The number of aryl methyl sites for hydroxylation is 1. The molecule has 1 aromatic heterocycles. The number of benzene rings is 1. The molecule has 0 unspecified atom stereocenters. The lowest BCUT2D eigenvalue weighted by Gasteiger charge is -2.08. The van der Waals surface area contributed by atoms with Crippen molar-refractivity contribution in [3.8, 4) is 17.6 Å². The van der Waals surface area contributed by atoms with Crippen LogP contribution in [0.5, 0.6) is 17.6 Å². The molecule has 2 aromatic rings. The van der Waals surface area contributed by atoms with Crippen LogP contribution in [0.4, 0.5) is 0 Å². The van der Waals surface area contributed by atoms with Crippen molar-refractivity contribution in [3.05, 3.63) is 41.6 Å². The van der Waals surface area contributed by atoms with E-state index in [0.717, 1.165) is 5.56 Å². The summed E-state index contributed by atoms with van der Waals surface area (Å²) in [4.78, 5) is 19.0. The highest BCUT2D eigenvalue weighted by Gasteiger charge is 2.13. The number of carboxylic acid groups (broad SMARTS) is 1. The Bertz CT molecular complexity index is 613. The average molecular weight is 260 g/mol. The third-order valence-corrected chi connectivity index (χ3v) is 2.39. The summed E-state index contributed by atoms with van der Waals surface area (Å²) >= 11 is 0. The van der Waals surface area contributed by atoms with Gasteiger partial charge in [-0.1, -0.05) is 6.07 Å². The molecule has 0 saturated carbocycles. The van der Waals surface area contributed by atoms with Gasteiger partial charge < -0.3 is 14.6 Å². The predicted octanol–water partition coefficient (Wildman–Crippen LogP) is 2.28. The van der Waals surface area contributed by atoms with Crippen LogP contribution in [0, 0.1) is 6.92 Å². The summed E-state index contributed by atoms with van der Waals surface area (Å²) in [5.41, 5.74) is 0.930.